The van der Waals surface area contributed by atoms with Crippen molar-refractivity contribution in [1.29, 1.82) is 0 Å². The van der Waals surface area contributed by atoms with Gasteiger partial charge in [-0.15, -0.1) is 11.3 Å². The molecule has 0 aliphatic heterocycles. The minimum absolute atomic E-state index is 0.516. The molecule has 1 aromatic heterocycles. The van der Waals surface area contributed by atoms with Gasteiger partial charge in [0.15, 0.2) is 5.13 Å². The van der Waals surface area contributed by atoms with Crippen LogP contribution in [0, 0.1) is 0 Å². The third kappa shape index (κ3) is 2.47. The summed E-state index contributed by atoms with van der Waals surface area (Å²) >= 11 is 7.54. The summed E-state index contributed by atoms with van der Waals surface area (Å²) in [5, 5.41) is 4.64. The van der Waals surface area contributed by atoms with Crippen LogP contribution < -0.4 is 11.1 Å². The minimum Gasteiger partial charge on any atom is -0.330 e. The Morgan fingerprint density at radius 1 is 1.40 bits per heavy atom. The molecule has 0 radical (unpaired) electrons. The van der Waals surface area contributed by atoms with E-state index in [0.717, 1.165) is 15.7 Å². The van der Waals surface area contributed by atoms with Crippen LogP contribution in [-0.4, -0.2) is 4.98 Å². The quantitative estimate of drug-likeness (QED) is 0.866. The monoisotopic (exact) mass is 239 g/mol. The van der Waals surface area contributed by atoms with Crippen LogP contribution in [0.5, 0.6) is 0 Å². The predicted octanol–water partition coefficient (Wildman–Crippen LogP) is 3.00. The summed E-state index contributed by atoms with van der Waals surface area (Å²) < 4.78 is 0. The van der Waals surface area contributed by atoms with Crippen LogP contribution in [0.4, 0.5) is 10.8 Å². The zero-order valence-electron chi connectivity index (χ0n) is 7.90. The summed E-state index contributed by atoms with van der Waals surface area (Å²) in [5.41, 5.74) is 6.36. The maximum Gasteiger partial charge on any atom is 0.187 e. The van der Waals surface area contributed by atoms with E-state index in [0.29, 0.717) is 11.6 Å². The molecule has 0 fully saturated rings. The molecule has 1 aromatic carbocycles. The summed E-state index contributed by atoms with van der Waals surface area (Å²) in [7, 11) is 0. The molecular weight excluding hydrogens is 230 g/mol. The van der Waals surface area contributed by atoms with E-state index >= 15 is 0 Å². The lowest BCUT2D eigenvalue weighted by molar-refractivity contribution is 1.10. The molecule has 2 aromatic rings. The third-order valence-corrected chi connectivity index (χ3v) is 3.13. The molecule has 0 saturated heterocycles. The molecule has 0 bridgehead atoms. The van der Waals surface area contributed by atoms with Crippen molar-refractivity contribution < 1.29 is 0 Å². The normalized spacial score (nSPS) is 10.3. The van der Waals surface area contributed by atoms with E-state index in [2.05, 4.69) is 10.3 Å². The Kier molecular flexibility index (Phi) is 3.20. The smallest absolute Gasteiger partial charge is 0.187 e. The van der Waals surface area contributed by atoms with Gasteiger partial charge in [0.05, 0.1) is 10.7 Å². The second kappa shape index (κ2) is 4.61. The predicted molar refractivity (Wildman–Crippen MR) is 64.7 cm³/mol. The van der Waals surface area contributed by atoms with Crippen molar-refractivity contribution in [3.05, 3.63) is 40.4 Å². The van der Waals surface area contributed by atoms with Gasteiger partial charge in [-0.25, -0.2) is 4.98 Å². The van der Waals surface area contributed by atoms with Crippen LogP contribution in [0.25, 0.3) is 0 Å². The molecule has 78 valence electrons. The number of rotatable bonds is 3. The molecule has 0 atom stereocenters. The van der Waals surface area contributed by atoms with Crippen molar-refractivity contribution in [2.24, 2.45) is 5.73 Å². The summed E-state index contributed by atoms with van der Waals surface area (Å²) in [4.78, 5) is 5.24. The van der Waals surface area contributed by atoms with Gasteiger partial charge < -0.3 is 11.1 Å². The van der Waals surface area contributed by atoms with Gasteiger partial charge in [-0.2, -0.15) is 0 Å². The van der Waals surface area contributed by atoms with Crippen LogP contribution in [0.2, 0.25) is 5.02 Å². The first-order valence-electron chi connectivity index (χ1n) is 4.46. The number of benzene rings is 1. The lowest BCUT2D eigenvalue weighted by atomic mass is 10.3. The maximum atomic E-state index is 6.00. The zero-order valence-corrected chi connectivity index (χ0v) is 9.48. The number of aromatic nitrogens is 1. The number of halogens is 1. The van der Waals surface area contributed by atoms with E-state index in [1.807, 2.05) is 24.3 Å². The SMILES string of the molecule is NCc1cnc(Nc2ccccc2Cl)s1. The molecule has 0 spiro atoms. The van der Waals surface area contributed by atoms with E-state index in [1.54, 1.807) is 6.20 Å². The molecule has 0 amide bonds. The second-order valence-corrected chi connectivity index (χ2v) is 4.46. The number of para-hydroxylation sites is 1. The first-order chi connectivity index (χ1) is 7.29. The fourth-order valence-electron chi connectivity index (χ4n) is 1.14. The van der Waals surface area contributed by atoms with Crippen LogP contribution in [0.3, 0.4) is 0 Å². The van der Waals surface area contributed by atoms with Gasteiger partial charge in [0.2, 0.25) is 0 Å². The Labute approximate surface area is 96.9 Å². The first-order valence-corrected chi connectivity index (χ1v) is 5.65. The van der Waals surface area contributed by atoms with Gasteiger partial charge in [-0.05, 0) is 12.1 Å². The van der Waals surface area contributed by atoms with Gasteiger partial charge in [0.25, 0.3) is 0 Å². The highest BCUT2D eigenvalue weighted by Crippen LogP contribution is 2.27. The van der Waals surface area contributed by atoms with E-state index in [9.17, 15) is 0 Å². The zero-order chi connectivity index (χ0) is 10.7. The largest absolute Gasteiger partial charge is 0.330 e. The molecule has 15 heavy (non-hydrogen) atoms. The highest BCUT2D eigenvalue weighted by molar-refractivity contribution is 7.15. The summed E-state index contributed by atoms with van der Waals surface area (Å²) in [6, 6.07) is 7.56. The number of nitrogens with two attached hydrogens (primary N) is 1. The average molecular weight is 240 g/mol. The Morgan fingerprint density at radius 3 is 2.87 bits per heavy atom. The summed E-state index contributed by atoms with van der Waals surface area (Å²) in [5.74, 6) is 0. The van der Waals surface area contributed by atoms with Crippen LogP contribution in [0.1, 0.15) is 4.88 Å². The highest BCUT2D eigenvalue weighted by atomic mass is 35.5. The molecule has 0 aliphatic carbocycles. The topological polar surface area (TPSA) is 50.9 Å². The third-order valence-electron chi connectivity index (χ3n) is 1.87. The number of hydrogen-bond donors (Lipinski definition) is 2. The number of nitrogens with zero attached hydrogens (tertiary/aromatic N) is 1. The Balaban J connectivity index is 2.18. The molecule has 0 unspecified atom stereocenters. The van der Waals surface area contributed by atoms with Crippen molar-refractivity contribution >= 4 is 33.8 Å². The van der Waals surface area contributed by atoms with E-state index < -0.39 is 0 Å². The van der Waals surface area contributed by atoms with Crippen LogP contribution in [-0.2, 0) is 6.54 Å². The van der Waals surface area contributed by atoms with E-state index in [4.69, 9.17) is 17.3 Å². The van der Waals surface area contributed by atoms with Crippen molar-refractivity contribution in [3.63, 3.8) is 0 Å². The molecule has 2 rings (SSSR count). The van der Waals surface area contributed by atoms with Crippen molar-refractivity contribution in [3.8, 4) is 0 Å². The standard InChI is InChI=1S/C10H10ClN3S/c11-8-3-1-2-4-9(8)14-10-13-6-7(5-12)15-10/h1-4,6H,5,12H2,(H,13,14). The number of anilines is 2. The van der Waals surface area contributed by atoms with E-state index in [-0.39, 0.29) is 0 Å². The van der Waals surface area contributed by atoms with Crippen LogP contribution in [0.15, 0.2) is 30.5 Å². The lowest BCUT2D eigenvalue weighted by Crippen LogP contribution is -1.91. The van der Waals surface area contributed by atoms with Gasteiger partial charge >= 0.3 is 0 Å². The summed E-state index contributed by atoms with van der Waals surface area (Å²) in [6.45, 7) is 0.516. The van der Waals surface area contributed by atoms with Crippen molar-refractivity contribution in [1.82, 2.24) is 4.98 Å². The molecule has 3 N–H and O–H groups in total. The van der Waals surface area contributed by atoms with Crippen molar-refractivity contribution in [2.45, 2.75) is 6.54 Å². The minimum atomic E-state index is 0.516. The second-order valence-electron chi connectivity index (χ2n) is 2.94. The molecule has 1 heterocycles. The molecule has 3 nitrogen and oxygen atoms in total. The molecule has 0 saturated carbocycles. The van der Waals surface area contributed by atoms with Gasteiger partial charge in [-0.1, -0.05) is 23.7 Å². The number of thiazole rings is 1. The van der Waals surface area contributed by atoms with Gasteiger partial charge in [0, 0.05) is 17.6 Å². The Bertz CT molecular complexity index is 455. The van der Waals surface area contributed by atoms with Crippen LogP contribution >= 0.6 is 22.9 Å². The molecule has 5 heteroatoms. The first kappa shape index (κ1) is 10.4. The average Bonchev–Trinajstić information content (AvgIpc) is 2.69. The maximum absolute atomic E-state index is 6.00. The Morgan fingerprint density at radius 2 is 2.20 bits per heavy atom. The van der Waals surface area contributed by atoms with Gasteiger partial charge in [0.1, 0.15) is 0 Å². The number of hydrogen-bond acceptors (Lipinski definition) is 4. The lowest BCUT2D eigenvalue weighted by Gasteiger charge is -2.03. The molecule has 0 aliphatic rings. The van der Waals surface area contributed by atoms with E-state index in [1.165, 1.54) is 11.3 Å². The highest BCUT2D eigenvalue weighted by Gasteiger charge is 2.03. The van der Waals surface area contributed by atoms with Crippen molar-refractivity contribution in [2.75, 3.05) is 5.32 Å². The molecular formula is C10H10ClN3S. The Hall–Kier alpha value is -1.10. The fraction of sp³-hybridized carbons (Fsp3) is 0.100. The van der Waals surface area contributed by atoms with Gasteiger partial charge in [-0.3, -0.25) is 0 Å². The summed E-state index contributed by atoms with van der Waals surface area (Å²) in [6.07, 6.45) is 1.77. The fourth-order valence-corrected chi connectivity index (χ4v) is 2.02. The number of nitrogens with one attached hydrogen (secondary N) is 1.